The fourth-order valence-corrected chi connectivity index (χ4v) is 5.68. The van der Waals surface area contributed by atoms with Gasteiger partial charge in [0.05, 0.1) is 0 Å². The average Bonchev–Trinajstić information content (AvgIpc) is 2.67. The van der Waals surface area contributed by atoms with E-state index in [4.69, 9.17) is 13.3 Å². The lowest BCUT2D eigenvalue weighted by Gasteiger charge is -2.35. The molecule has 0 fully saturated rings. The Balaban J connectivity index is -0.000000969. The van der Waals surface area contributed by atoms with Crippen molar-refractivity contribution < 1.29 is 57.5 Å². The molecule has 0 bridgehead atoms. The molecule has 0 aliphatic heterocycles. The first-order valence-electron chi connectivity index (χ1n) is 10.7. The highest BCUT2D eigenvalue weighted by molar-refractivity contribution is 6.60. The second kappa shape index (κ2) is 16.3. The Morgan fingerprint density at radius 2 is 1.09 bits per heavy atom. The smallest absolute Gasteiger partial charge is 0.374 e. The van der Waals surface area contributed by atoms with Gasteiger partial charge in [-0.2, -0.15) is 39.5 Å². The summed E-state index contributed by atoms with van der Waals surface area (Å²) in [6.07, 6.45) is -3.09. The quantitative estimate of drug-likeness (QED) is 0.135. The van der Waals surface area contributed by atoms with Crippen LogP contribution in [0.15, 0.2) is 0 Å². The molecule has 0 aromatic carbocycles. The Bertz CT molecular complexity index is 474. The molecule has 0 N–H and O–H groups in total. The number of unbranched alkanes of at least 4 members (excludes halogenated alkanes) is 3. The second-order valence-corrected chi connectivity index (χ2v) is 10.6. The molecular formula is C18H36F10O3Si2. The van der Waals surface area contributed by atoms with Gasteiger partial charge in [0.15, 0.2) is 0 Å². The zero-order valence-electron chi connectivity index (χ0n) is 19.6. The normalized spacial score (nSPS) is 13.4. The van der Waals surface area contributed by atoms with E-state index in [9.17, 15) is 39.5 Å². The third-order valence-corrected chi connectivity index (χ3v) is 8.01. The molecule has 33 heavy (non-hydrogen) atoms. The maximum absolute atomic E-state index is 13.6. The highest BCUT2D eigenvalue weighted by Crippen LogP contribution is 2.54. The Kier molecular flexibility index (Phi) is 18.4. The molecule has 0 atom stereocenters. The number of hydrogen-bond acceptors (Lipinski definition) is 3. The van der Waals surface area contributed by atoms with E-state index in [1.807, 2.05) is 0 Å². The minimum atomic E-state index is -6.91. The van der Waals surface area contributed by atoms with Gasteiger partial charge < -0.3 is 13.3 Å². The standard InChI is InChI=1S/C12H19F9O3Si.C6H16Si.FH/c1-4-22-25(23-5-2,24-6-3)8-7-9(13,14)10(15,16)11(17,18)12(19,20)21;1-2-3-4-5-6-7;/h4-8H2,1-3H3;2-6H2,1,7H3;1H. The molecule has 0 aromatic heterocycles. The minimum absolute atomic E-state index is 0. The molecule has 0 spiro atoms. The Hall–Kier alpha value is -0.386. The summed E-state index contributed by atoms with van der Waals surface area (Å²) in [5, 5.41) is 0. The van der Waals surface area contributed by atoms with Crippen LogP contribution in [0.25, 0.3) is 0 Å². The molecule has 3 nitrogen and oxygen atoms in total. The first kappa shape index (κ1) is 37.2. The van der Waals surface area contributed by atoms with Crippen molar-refractivity contribution in [3.63, 3.8) is 0 Å². The summed E-state index contributed by atoms with van der Waals surface area (Å²) >= 11 is 0. The third-order valence-electron chi connectivity index (χ3n) is 4.25. The van der Waals surface area contributed by atoms with Crippen LogP contribution >= 0.6 is 0 Å². The number of rotatable bonds is 15. The summed E-state index contributed by atoms with van der Waals surface area (Å²) in [6, 6.07) is 0.443. The van der Waals surface area contributed by atoms with Crippen LogP contribution in [0, 0.1) is 0 Å². The summed E-state index contributed by atoms with van der Waals surface area (Å²) in [5.41, 5.74) is 0. The SMILES string of the molecule is CCCCCC[SiH3].CCO[Si](CCC(F)(F)C(F)(F)C(F)(F)C(F)(F)F)(OCC)OCC.F. The van der Waals surface area contributed by atoms with E-state index in [2.05, 4.69) is 6.92 Å². The van der Waals surface area contributed by atoms with E-state index in [1.165, 1.54) is 62.7 Å². The molecule has 15 heteroatoms. The zero-order valence-corrected chi connectivity index (χ0v) is 22.6. The van der Waals surface area contributed by atoms with E-state index in [1.54, 1.807) is 0 Å². The highest BCUT2D eigenvalue weighted by Gasteiger charge is 2.81. The van der Waals surface area contributed by atoms with Gasteiger partial charge >= 0.3 is 32.7 Å². The van der Waals surface area contributed by atoms with Crippen LogP contribution in [0.1, 0.15) is 59.8 Å². The molecule has 204 valence electrons. The molecule has 0 aliphatic rings. The van der Waals surface area contributed by atoms with Crippen LogP contribution in [0.3, 0.4) is 0 Å². The lowest BCUT2D eigenvalue weighted by atomic mass is 10.0. The van der Waals surface area contributed by atoms with E-state index >= 15 is 0 Å². The summed E-state index contributed by atoms with van der Waals surface area (Å²) in [6.45, 7) is 6.17. The lowest BCUT2D eigenvalue weighted by Crippen LogP contribution is -2.61. The van der Waals surface area contributed by atoms with Crippen LogP contribution in [-0.2, 0) is 13.3 Å². The van der Waals surface area contributed by atoms with Crippen LogP contribution in [0.5, 0.6) is 0 Å². The number of alkyl halides is 9. The van der Waals surface area contributed by atoms with Crippen molar-refractivity contribution >= 4 is 19.0 Å². The van der Waals surface area contributed by atoms with Gasteiger partial charge in [-0.25, -0.2) is 0 Å². The van der Waals surface area contributed by atoms with E-state index < -0.39 is 45.2 Å². The average molecular weight is 547 g/mol. The van der Waals surface area contributed by atoms with Crippen molar-refractivity contribution in [3.8, 4) is 0 Å². The van der Waals surface area contributed by atoms with Gasteiger partial charge in [-0.05, 0) is 20.8 Å². The molecule has 0 radical (unpaired) electrons. The zero-order chi connectivity index (χ0) is 25.7. The molecule has 0 heterocycles. The molecule has 0 aromatic rings. The molecule has 0 saturated heterocycles. The predicted molar refractivity (Wildman–Crippen MR) is 112 cm³/mol. The van der Waals surface area contributed by atoms with Crippen LogP contribution in [0.2, 0.25) is 12.1 Å². The minimum Gasteiger partial charge on any atom is -0.374 e. The van der Waals surface area contributed by atoms with E-state index in [0.717, 1.165) is 0 Å². The van der Waals surface area contributed by atoms with Gasteiger partial charge in [-0.1, -0.05) is 38.7 Å². The van der Waals surface area contributed by atoms with Crippen LogP contribution in [-0.4, -0.2) is 62.8 Å². The summed E-state index contributed by atoms with van der Waals surface area (Å²) < 4.78 is 131. The third kappa shape index (κ3) is 11.3. The number of hydrogen-bond donors (Lipinski definition) is 0. The molecular weight excluding hydrogens is 510 g/mol. The summed E-state index contributed by atoms with van der Waals surface area (Å²) in [7, 11) is -2.52. The maximum atomic E-state index is 13.6. The Morgan fingerprint density at radius 3 is 1.39 bits per heavy atom. The first-order valence-corrected chi connectivity index (χ1v) is 14.0. The fraction of sp³-hybridized carbons (Fsp3) is 1.00. The molecule has 0 aliphatic carbocycles. The van der Waals surface area contributed by atoms with Crippen LogP contribution < -0.4 is 0 Å². The van der Waals surface area contributed by atoms with Gasteiger partial charge in [0.1, 0.15) is 0 Å². The molecule has 0 unspecified atom stereocenters. The van der Waals surface area contributed by atoms with Crippen molar-refractivity contribution in [1.82, 2.24) is 0 Å². The van der Waals surface area contributed by atoms with Gasteiger partial charge in [0.25, 0.3) is 0 Å². The van der Waals surface area contributed by atoms with Crippen molar-refractivity contribution in [2.75, 3.05) is 19.8 Å². The maximum Gasteiger partial charge on any atom is 0.501 e. The topological polar surface area (TPSA) is 27.7 Å². The van der Waals surface area contributed by atoms with Gasteiger partial charge in [-0.15, -0.1) is 0 Å². The molecule has 0 rings (SSSR count). The van der Waals surface area contributed by atoms with Crippen molar-refractivity contribution in [3.05, 3.63) is 0 Å². The molecule has 0 saturated carbocycles. The Morgan fingerprint density at radius 1 is 0.667 bits per heavy atom. The van der Waals surface area contributed by atoms with Gasteiger partial charge in [0, 0.05) is 42.5 Å². The first-order chi connectivity index (χ1) is 14.6. The lowest BCUT2D eigenvalue weighted by molar-refractivity contribution is -0.396. The van der Waals surface area contributed by atoms with E-state index in [-0.39, 0.29) is 24.5 Å². The van der Waals surface area contributed by atoms with Gasteiger partial charge in [0.2, 0.25) is 0 Å². The van der Waals surface area contributed by atoms with Crippen LogP contribution in [0.4, 0.5) is 44.2 Å². The monoisotopic (exact) mass is 546 g/mol. The summed E-state index contributed by atoms with van der Waals surface area (Å²) in [5.74, 6) is -19.2. The highest BCUT2D eigenvalue weighted by atomic mass is 28.4. The van der Waals surface area contributed by atoms with Crippen molar-refractivity contribution in [2.24, 2.45) is 0 Å². The van der Waals surface area contributed by atoms with Gasteiger partial charge in [-0.3, -0.25) is 4.70 Å². The predicted octanol–water partition coefficient (Wildman–Crippen LogP) is 6.40. The second-order valence-electron chi connectivity index (χ2n) is 6.89. The number of halogens is 10. The van der Waals surface area contributed by atoms with Crippen molar-refractivity contribution in [2.45, 2.75) is 95.8 Å². The fourth-order valence-electron chi connectivity index (χ4n) is 2.55. The Labute approximate surface area is 192 Å². The van der Waals surface area contributed by atoms with Crippen molar-refractivity contribution in [1.29, 1.82) is 0 Å². The largest absolute Gasteiger partial charge is 0.501 e. The van der Waals surface area contributed by atoms with E-state index in [0.29, 0.717) is 0 Å². The summed E-state index contributed by atoms with van der Waals surface area (Å²) in [4.78, 5) is 0. The molecule has 0 amide bonds.